The van der Waals surface area contributed by atoms with Gasteiger partial charge in [-0.2, -0.15) is 5.26 Å². The molecule has 3 fully saturated rings. The summed E-state index contributed by atoms with van der Waals surface area (Å²) in [5.41, 5.74) is -2.41. The number of fused-ring (bicyclic) bond motifs is 5. The number of ketones is 3. The van der Waals surface area contributed by atoms with E-state index in [4.69, 9.17) is 4.74 Å². The predicted molar refractivity (Wildman–Crippen MR) is 116 cm³/mol. The van der Waals surface area contributed by atoms with E-state index in [0.29, 0.717) is 32.1 Å². The Hall–Kier alpha value is -1.98. The standard InChI is InChI=1S/C24H29NO6S/c1-14(26)31-12-20(29)23(30)9-7-17-18-5-4-15-10-16(27)6-8-21(15,2)24(18,32-13-25)19(28)11-22(17,23)3/h10,17-18,30H,4-9,11-12H2,1-3H3/t17-,18-,21-,22-,23-,24-/m0/s1. The van der Waals surface area contributed by atoms with Gasteiger partial charge in [-0.3, -0.25) is 19.2 Å². The number of Topliss-reactive ketones (excluding diaryl/α,β-unsaturated/α-hetero) is 2. The molecule has 6 atom stereocenters. The third-order valence-electron chi connectivity index (χ3n) is 9.06. The fraction of sp³-hybridized carbons (Fsp3) is 0.708. The number of nitriles is 1. The molecule has 0 heterocycles. The smallest absolute Gasteiger partial charge is 0.303 e. The van der Waals surface area contributed by atoms with Gasteiger partial charge in [-0.05, 0) is 61.8 Å². The van der Waals surface area contributed by atoms with Crippen molar-refractivity contribution in [1.29, 1.82) is 5.26 Å². The summed E-state index contributed by atoms with van der Waals surface area (Å²) in [6.45, 7) is 4.50. The number of hydrogen-bond donors (Lipinski definition) is 1. The number of thioether (sulfide) groups is 1. The molecular formula is C24H29NO6S. The van der Waals surface area contributed by atoms with Crippen LogP contribution in [-0.4, -0.2) is 45.4 Å². The molecule has 0 radical (unpaired) electrons. The first-order valence-corrected chi connectivity index (χ1v) is 12.0. The van der Waals surface area contributed by atoms with Crippen molar-refractivity contribution in [2.24, 2.45) is 22.7 Å². The van der Waals surface area contributed by atoms with Crippen LogP contribution in [0.4, 0.5) is 0 Å². The lowest BCUT2D eigenvalue weighted by molar-refractivity contribution is -0.171. The van der Waals surface area contributed by atoms with E-state index >= 15 is 0 Å². The first-order chi connectivity index (χ1) is 15.0. The second-order valence-corrected chi connectivity index (χ2v) is 11.3. The lowest BCUT2D eigenvalue weighted by Gasteiger charge is -2.63. The fourth-order valence-corrected chi connectivity index (χ4v) is 8.60. The average Bonchev–Trinajstić information content (AvgIpc) is 2.99. The second-order valence-electron chi connectivity index (χ2n) is 10.3. The van der Waals surface area contributed by atoms with E-state index in [1.807, 2.05) is 6.92 Å². The highest BCUT2D eigenvalue weighted by Gasteiger charge is 2.74. The van der Waals surface area contributed by atoms with Crippen LogP contribution in [0.1, 0.15) is 65.7 Å². The van der Waals surface area contributed by atoms with E-state index in [0.717, 1.165) is 17.3 Å². The third-order valence-corrected chi connectivity index (χ3v) is 10.5. The zero-order valence-corrected chi connectivity index (χ0v) is 19.5. The molecule has 1 N–H and O–H groups in total. The van der Waals surface area contributed by atoms with Gasteiger partial charge in [0.05, 0.1) is 0 Å². The molecule has 0 bridgehead atoms. The number of rotatable bonds is 4. The number of carbonyl (C=O) groups is 4. The summed E-state index contributed by atoms with van der Waals surface area (Å²) in [5.74, 6) is -1.56. The van der Waals surface area contributed by atoms with E-state index in [1.165, 1.54) is 6.92 Å². The molecule has 0 unspecified atom stereocenters. The average molecular weight is 460 g/mol. The Morgan fingerprint density at radius 1 is 1.22 bits per heavy atom. The predicted octanol–water partition coefficient (Wildman–Crippen LogP) is 2.90. The molecular weight excluding hydrogens is 430 g/mol. The normalized spacial score (nSPS) is 42.8. The maximum Gasteiger partial charge on any atom is 0.303 e. The highest BCUT2D eigenvalue weighted by Crippen LogP contribution is 2.71. The summed E-state index contributed by atoms with van der Waals surface area (Å²) in [6.07, 6.45) is 4.57. The van der Waals surface area contributed by atoms with Crippen molar-refractivity contribution in [3.8, 4) is 5.40 Å². The number of ether oxygens (including phenoxy) is 1. The molecule has 8 heteroatoms. The zero-order chi connectivity index (χ0) is 23.5. The molecule has 0 amide bonds. The Kier molecular flexibility index (Phi) is 5.45. The number of esters is 1. The molecule has 0 aromatic rings. The minimum atomic E-state index is -1.76. The van der Waals surface area contributed by atoms with Gasteiger partial charge in [-0.15, -0.1) is 0 Å². The van der Waals surface area contributed by atoms with Crippen LogP contribution < -0.4 is 0 Å². The summed E-state index contributed by atoms with van der Waals surface area (Å²) in [7, 11) is 0. The topological polar surface area (TPSA) is 122 Å². The van der Waals surface area contributed by atoms with E-state index in [2.05, 4.69) is 5.40 Å². The van der Waals surface area contributed by atoms with Crippen LogP contribution in [0.5, 0.6) is 0 Å². The number of hydrogen-bond acceptors (Lipinski definition) is 8. The molecule has 4 aliphatic carbocycles. The summed E-state index contributed by atoms with van der Waals surface area (Å²) in [4.78, 5) is 50.3. The molecule has 0 aromatic carbocycles. The lowest BCUT2D eigenvalue weighted by atomic mass is 9.45. The maximum absolute atomic E-state index is 14.0. The van der Waals surface area contributed by atoms with Gasteiger partial charge in [0, 0.05) is 30.6 Å². The molecule has 0 aromatic heterocycles. The van der Waals surface area contributed by atoms with Crippen molar-refractivity contribution in [2.45, 2.75) is 76.1 Å². The summed E-state index contributed by atoms with van der Waals surface area (Å²) < 4.78 is 3.88. The third kappa shape index (κ3) is 2.83. The first-order valence-electron chi connectivity index (χ1n) is 11.2. The van der Waals surface area contributed by atoms with Gasteiger partial charge < -0.3 is 9.84 Å². The van der Waals surface area contributed by atoms with Gasteiger partial charge >= 0.3 is 5.97 Å². The highest BCUT2D eigenvalue weighted by molar-refractivity contribution is 8.05. The fourth-order valence-electron chi connectivity index (χ4n) is 7.38. The maximum atomic E-state index is 14.0. The van der Waals surface area contributed by atoms with Gasteiger partial charge in [-0.1, -0.05) is 19.4 Å². The van der Waals surface area contributed by atoms with Gasteiger partial charge in [-0.25, -0.2) is 0 Å². The van der Waals surface area contributed by atoms with Crippen molar-refractivity contribution < 1.29 is 29.0 Å². The van der Waals surface area contributed by atoms with Crippen molar-refractivity contribution in [3.05, 3.63) is 11.6 Å². The van der Waals surface area contributed by atoms with E-state index < -0.39 is 39.5 Å². The molecule has 172 valence electrons. The van der Waals surface area contributed by atoms with Crippen molar-refractivity contribution in [3.63, 3.8) is 0 Å². The summed E-state index contributed by atoms with van der Waals surface area (Å²) in [6, 6.07) is 0. The zero-order valence-electron chi connectivity index (χ0n) is 18.7. The molecule has 7 nitrogen and oxygen atoms in total. The van der Waals surface area contributed by atoms with Crippen molar-refractivity contribution in [1.82, 2.24) is 0 Å². The van der Waals surface area contributed by atoms with Crippen molar-refractivity contribution in [2.75, 3.05) is 6.61 Å². The number of allylic oxidation sites excluding steroid dienone is 1. The van der Waals surface area contributed by atoms with Crippen molar-refractivity contribution >= 4 is 35.1 Å². The van der Waals surface area contributed by atoms with E-state index in [9.17, 15) is 29.5 Å². The number of thiocyanates is 1. The Morgan fingerprint density at radius 3 is 2.59 bits per heavy atom. The molecule has 0 aliphatic heterocycles. The van der Waals surface area contributed by atoms with Crippen LogP contribution in [0.25, 0.3) is 0 Å². The number of nitrogens with zero attached hydrogens (tertiary/aromatic N) is 1. The monoisotopic (exact) mass is 459 g/mol. The van der Waals surface area contributed by atoms with Gasteiger partial charge in [0.25, 0.3) is 0 Å². The van der Waals surface area contributed by atoms with Crippen LogP contribution in [0.15, 0.2) is 11.6 Å². The van der Waals surface area contributed by atoms with Crippen LogP contribution in [-0.2, 0) is 23.9 Å². The Morgan fingerprint density at radius 2 is 1.94 bits per heavy atom. The lowest BCUT2D eigenvalue weighted by Crippen LogP contribution is -2.68. The molecule has 4 rings (SSSR count). The molecule has 0 saturated heterocycles. The summed E-state index contributed by atoms with van der Waals surface area (Å²) >= 11 is 1.02. The Labute approximate surface area is 191 Å². The second kappa shape index (κ2) is 7.53. The van der Waals surface area contributed by atoms with Gasteiger partial charge in [0.2, 0.25) is 5.78 Å². The SMILES string of the molecule is CC(=O)OCC(=O)[C@@]1(O)CC[C@H]2[C@@H]3CCC4=CC(=O)CC[C@]4(C)[C@@]3(SC#N)C(=O)C[C@@]21C. The van der Waals surface area contributed by atoms with E-state index in [1.54, 1.807) is 13.0 Å². The van der Waals surface area contributed by atoms with Crippen LogP contribution in [0.3, 0.4) is 0 Å². The molecule has 4 aliphatic rings. The number of aliphatic hydroxyl groups is 1. The minimum Gasteiger partial charge on any atom is -0.458 e. The molecule has 0 spiro atoms. The largest absolute Gasteiger partial charge is 0.458 e. The number of carbonyl (C=O) groups excluding carboxylic acids is 4. The van der Waals surface area contributed by atoms with Gasteiger partial charge in [0.1, 0.15) is 15.7 Å². The highest BCUT2D eigenvalue weighted by atomic mass is 32.2. The molecule has 3 saturated carbocycles. The minimum absolute atomic E-state index is 0.0258. The molecule has 32 heavy (non-hydrogen) atoms. The Bertz CT molecular complexity index is 983. The van der Waals surface area contributed by atoms with Crippen LogP contribution in [0.2, 0.25) is 0 Å². The summed E-state index contributed by atoms with van der Waals surface area (Å²) in [5, 5.41) is 23.5. The first kappa shape index (κ1) is 23.2. The van der Waals surface area contributed by atoms with Crippen LogP contribution in [0, 0.1) is 33.3 Å². The van der Waals surface area contributed by atoms with Gasteiger partial charge in [0.15, 0.2) is 18.2 Å². The van der Waals surface area contributed by atoms with Crippen LogP contribution >= 0.6 is 11.8 Å². The van der Waals surface area contributed by atoms with E-state index in [-0.39, 0.29) is 36.2 Å². The quantitative estimate of drug-likeness (QED) is 0.503. The Balaban J connectivity index is 1.78.